The highest BCUT2D eigenvalue weighted by molar-refractivity contribution is 7.81. The summed E-state index contributed by atoms with van der Waals surface area (Å²) >= 11 is 10.4. The smallest absolute Gasteiger partial charge is 0.336 e. The Morgan fingerprint density at radius 1 is 1.23 bits per heavy atom. The third-order valence-electron chi connectivity index (χ3n) is 4.39. The molecule has 0 saturated heterocycles. The lowest BCUT2D eigenvalue weighted by Crippen LogP contribution is -2.36. The van der Waals surface area contributed by atoms with Crippen molar-refractivity contribution in [1.82, 2.24) is 5.32 Å². The number of methoxy groups -OCH3 is 1. The molecule has 2 rings (SSSR count). The Labute approximate surface area is 184 Å². The molecule has 162 valence electrons. The van der Waals surface area contributed by atoms with Gasteiger partial charge in [-0.1, -0.05) is 29.8 Å². The van der Waals surface area contributed by atoms with Crippen LogP contribution in [0.1, 0.15) is 25.3 Å². The van der Waals surface area contributed by atoms with Gasteiger partial charge in [-0.05, 0) is 25.5 Å². The fraction of sp³-hybridized carbons (Fsp3) is 0.350. The van der Waals surface area contributed by atoms with Gasteiger partial charge in [0.15, 0.2) is 5.44 Å². The number of carbonyl (C=O) groups excluding carboxylic acids is 3. The van der Waals surface area contributed by atoms with Gasteiger partial charge in [0.05, 0.1) is 43.1 Å². The second kappa shape index (κ2) is 10.5. The molecule has 1 amide bonds. The lowest BCUT2D eigenvalue weighted by molar-refractivity contribution is -0.139. The van der Waals surface area contributed by atoms with Gasteiger partial charge in [-0.25, -0.2) is 9.59 Å². The molecule has 1 aliphatic rings. The summed E-state index contributed by atoms with van der Waals surface area (Å²) in [6.45, 7) is 3.22. The number of ether oxygens (including phenoxy) is 3. The Morgan fingerprint density at radius 3 is 2.47 bits per heavy atom. The summed E-state index contributed by atoms with van der Waals surface area (Å²) in [5, 5.41) is 3.34. The second-order valence-corrected chi connectivity index (χ2v) is 7.16. The lowest BCUT2D eigenvalue weighted by Gasteiger charge is -2.32. The topological polar surface area (TPSA) is 117 Å². The Morgan fingerprint density at radius 2 is 1.90 bits per heavy atom. The highest BCUT2D eigenvalue weighted by Crippen LogP contribution is 2.41. The summed E-state index contributed by atoms with van der Waals surface area (Å²) < 4.78 is 15.6. The molecule has 0 radical (unpaired) electrons. The summed E-state index contributed by atoms with van der Waals surface area (Å²) in [5.74, 6) is -2.96. The minimum absolute atomic E-state index is 0.110. The van der Waals surface area contributed by atoms with Crippen LogP contribution < -0.4 is 11.1 Å². The third kappa shape index (κ3) is 5.16. The van der Waals surface area contributed by atoms with Crippen molar-refractivity contribution in [2.24, 2.45) is 5.73 Å². The van der Waals surface area contributed by atoms with Crippen molar-refractivity contribution >= 4 is 42.1 Å². The molecule has 0 bridgehead atoms. The molecule has 1 aromatic carbocycles. The molecule has 1 heterocycles. The standard InChI is InChI=1S/C20H23ClN2O6S/c1-4-28-19(26)16-13(9-29-20(30)17(22)24)23-10(2)14(18(25)27-3)15(16)11-7-5-6-8-12(11)21/h5-8,15,20,23,30H,4,9H2,1-3H3,(H2,22,24). The van der Waals surface area contributed by atoms with E-state index in [4.69, 9.17) is 31.5 Å². The molecule has 30 heavy (non-hydrogen) atoms. The Balaban J connectivity index is 2.68. The van der Waals surface area contributed by atoms with Crippen LogP contribution in [-0.2, 0) is 28.6 Å². The molecule has 1 aliphatic heterocycles. The van der Waals surface area contributed by atoms with Gasteiger partial charge in [0, 0.05) is 10.7 Å². The molecular weight excluding hydrogens is 432 g/mol. The molecule has 2 atom stereocenters. The Hall–Kier alpha value is -2.49. The number of primary amides is 1. The molecule has 0 saturated carbocycles. The fourth-order valence-corrected chi connectivity index (χ4v) is 3.42. The van der Waals surface area contributed by atoms with Crippen LogP contribution in [0.2, 0.25) is 5.02 Å². The van der Waals surface area contributed by atoms with Gasteiger partial charge in [0.25, 0.3) is 5.91 Å². The first-order chi connectivity index (χ1) is 14.2. The van der Waals surface area contributed by atoms with Gasteiger partial charge in [-0.3, -0.25) is 4.79 Å². The molecule has 2 unspecified atom stereocenters. The van der Waals surface area contributed by atoms with Crippen LogP contribution in [0.5, 0.6) is 0 Å². The van der Waals surface area contributed by atoms with E-state index in [1.54, 1.807) is 38.1 Å². The van der Waals surface area contributed by atoms with Crippen molar-refractivity contribution in [3.63, 3.8) is 0 Å². The number of benzene rings is 1. The van der Waals surface area contributed by atoms with E-state index in [1.807, 2.05) is 0 Å². The minimum Gasteiger partial charge on any atom is -0.466 e. The summed E-state index contributed by atoms with van der Waals surface area (Å²) in [7, 11) is 1.25. The van der Waals surface area contributed by atoms with Crippen LogP contribution in [0.15, 0.2) is 46.8 Å². The van der Waals surface area contributed by atoms with Crippen molar-refractivity contribution in [3.8, 4) is 0 Å². The lowest BCUT2D eigenvalue weighted by atomic mass is 9.80. The summed E-state index contributed by atoms with van der Waals surface area (Å²) in [6.07, 6.45) is 0. The number of halogens is 1. The number of carbonyl (C=O) groups is 3. The summed E-state index contributed by atoms with van der Waals surface area (Å²) in [4.78, 5) is 36.8. The van der Waals surface area contributed by atoms with Crippen LogP contribution in [0.4, 0.5) is 0 Å². The Bertz CT molecular complexity index is 914. The van der Waals surface area contributed by atoms with Crippen molar-refractivity contribution in [3.05, 3.63) is 57.4 Å². The number of nitrogens with one attached hydrogen (secondary N) is 1. The van der Waals surface area contributed by atoms with E-state index in [1.165, 1.54) is 7.11 Å². The summed E-state index contributed by atoms with van der Waals surface area (Å²) in [6, 6.07) is 6.83. The second-order valence-electron chi connectivity index (χ2n) is 6.29. The van der Waals surface area contributed by atoms with Crippen LogP contribution in [0.25, 0.3) is 0 Å². The normalized spacial score (nSPS) is 17.3. The number of esters is 2. The third-order valence-corrected chi connectivity index (χ3v) is 5.14. The number of dihydropyridines is 1. The number of amides is 1. The predicted molar refractivity (Wildman–Crippen MR) is 114 cm³/mol. The van der Waals surface area contributed by atoms with E-state index in [-0.39, 0.29) is 24.4 Å². The van der Waals surface area contributed by atoms with Crippen LogP contribution >= 0.6 is 24.2 Å². The van der Waals surface area contributed by atoms with Gasteiger partial charge in [0.2, 0.25) is 0 Å². The maximum Gasteiger partial charge on any atom is 0.336 e. The van der Waals surface area contributed by atoms with Gasteiger partial charge < -0.3 is 25.3 Å². The number of rotatable bonds is 8. The maximum absolute atomic E-state index is 12.9. The van der Waals surface area contributed by atoms with Gasteiger partial charge in [-0.2, -0.15) is 0 Å². The van der Waals surface area contributed by atoms with Crippen LogP contribution in [0.3, 0.4) is 0 Å². The zero-order valence-electron chi connectivity index (χ0n) is 16.7. The van der Waals surface area contributed by atoms with Crippen molar-refractivity contribution in [2.45, 2.75) is 25.2 Å². The molecule has 0 aliphatic carbocycles. The van der Waals surface area contributed by atoms with Crippen molar-refractivity contribution in [2.75, 3.05) is 20.3 Å². The first-order valence-electron chi connectivity index (χ1n) is 9.02. The van der Waals surface area contributed by atoms with Gasteiger partial charge in [0.1, 0.15) is 0 Å². The van der Waals surface area contributed by atoms with E-state index in [0.717, 1.165) is 0 Å². The Kier molecular flexibility index (Phi) is 8.33. The molecule has 0 aromatic heterocycles. The largest absolute Gasteiger partial charge is 0.466 e. The number of thiol groups is 1. The fourth-order valence-electron chi connectivity index (χ4n) is 3.11. The quantitative estimate of drug-likeness (QED) is 0.312. The zero-order chi connectivity index (χ0) is 22.4. The summed E-state index contributed by atoms with van der Waals surface area (Å²) in [5.41, 5.74) is 5.56. The number of nitrogens with two attached hydrogens (primary N) is 1. The molecule has 1 aromatic rings. The molecule has 8 nitrogen and oxygen atoms in total. The zero-order valence-corrected chi connectivity index (χ0v) is 18.4. The minimum atomic E-state index is -1.19. The highest BCUT2D eigenvalue weighted by Gasteiger charge is 2.39. The molecule has 0 fully saturated rings. The van der Waals surface area contributed by atoms with E-state index in [9.17, 15) is 14.4 Å². The van der Waals surface area contributed by atoms with Crippen LogP contribution in [-0.4, -0.2) is 43.6 Å². The monoisotopic (exact) mass is 454 g/mol. The van der Waals surface area contributed by atoms with E-state index in [2.05, 4.69) is 17.9 Å². The number of allylic oxidation sites excluding steroid dienone is 1. The first-order valence-corrected chi connectivity index (χ1v) is 9.91. The average molecular weight is 455 g/mol. The van der Waals surface area contributed by atoms with Gasteiger partial charge >= 0.3 is 11.9 Å². The maximum atomic E-state index is 12.9. The van der Waals surface area contributed by atoms with Gasteiger partial charge in [-0.15, -0.1) is 12.6 Å². The number of hydrogen-bond donors (Lipinski definition) is 3. The predicted octanol–water partition coefficient (Wildman–Crippen LogP) is 2.05. The van der Waals surface area contributed by atoms with E-state index < -0.39 is 29.2 Å². The van der Waals surface area contributed by atoms with E-state index >= 15 is 0 Å². The molecular formula is C20H23ClN2O6S. The molecule has 0 spiro atoms. The first kappa shape index (κ1) is 23.8. The van der Waals surface area contributed by atoms with Crippen molar-refractivity contribution < 1.29 is 28.6 Å². The highest BCUT2D eigenvalue weighted by atomic mass is 35.5. The van der Waals surface area contributed by atoms with E-state index in [0.29, 0.717) is 22.0 Å². The molecule has 3 N–H and O–H groups in total. The average Bonchev–Trinajstić information content (AvgIpc) is 2.71. The molecule has 10 heteroatoms. The number of hydrogen-bond acceptors (Lipinski definition) is 8. The van der Waals surface area contributed by atoms with Crippen LogP contribution in [0, 0.1) is 0 Å². The van der Waals surface area contributed by atoms with Crippen molar-refractivity contribution in [1.29, 1.82) is 0 Å². The SMILES string of the molecule is CCOC(=O)C1=C(COC(S)C(N)=O)NC(C)=C(C(=O)OC)C1c1ccccc1Cl.